The van der Waals surface area contributed by atoms with Gasteiger partial charge in [0.15, 0.2) is 0 Å². The fourth-order valence-corrected chi connectivity index (χ4v) is 1.66. The summed E-state index contributed by atoms with van der Waals surface area (Å²) in [7, 11) is 0. The minimum absolute atomic E-state index is 0.120. The van der Waals surface area contributed by atoms with Gasteiger partial charge in [-0.25, -0.2) is 4.63 Å². The van der Waals surface area contributed by atoms with Gasteiger partial charge in [-0.2, -0.15) is 0 Å². The maximum absolute atomic E-state index is 9.70. The molecule has 0 radical (unpaired) electrons. The summed E-state index contributed by atoms with van der Waals surface area (Å²) in [5, 5.41) is 17.2. The first kappa shape index (κ1) is 9.61. The zero-order valence-corrected chi connectivity index (χ0v) is 8.14. The molecule has 0 saturated carbocycles. The standard InChI is InChI=1S/C9H14N2O3/c1-6-8(11-14-10-6)4-7-5-13-3-2-9(7)12/h7,9,12H,2-5H2,1H3. The maximum atomic E-state index is 9.70. The van der Waals surface area contributed by atoms with Crippen molar-refractivity contribution in [1.29, 1.82) is 0 Å². The van der Waals surface area contributed by atoms with Crippen LogP contribution in [0.2, 0.25) is 0 Å². The van der Waals surface area contributed by atoms with Gasteiger partial charge in [-0.1, -0.05) is 10.3 Å². The van der Waals surface area contributed by atoms with Crippen LogP contribution in [0.4, 0.5) is 0 Å². The normalized spacial score (nSPS) is 27.9. The van der Waals surface area contributed by atoms with Gasteiger partial charge in [-0.3, -0.25) is 0 Å². The molecular weight excluding hydrogens is 184 g/mol. The van der Waals surface area contributed by atoms with E-state index in [0.29, 0.717) is 26.1 Å². The van der Waals surface area contributed by atoms with Crippen molar-refractivity contribution >= 4 is 0 Å². The van der Waals surface area contributed by atoms with Crippen molar-refractivity contribution in [2.24, 2.45) is 5.92 Å². The van der Waals surface area contributed by atoms with E-state index in [2.05, 4.69) is 14.9 Å². The second-order valence-electron chi connectivity index (χ2n) is 3.69. The Morgan fingerprint density at radius 3 is 3.00 bits per heavy atom. The summed E-state index contributed by atoms with van der Waals surface area (Å²) < 4.78 is 9.90. The van der Waals surface area contributed by atoms with Gasteiger partial charge in [0.2, 0.25) is 0 Å². The van der Waals surface area contributed by atoms with E-state index in [-0.39, 0.29) is 12.0 Å². The largest absolute Gasteiger partial charge is 0.393 e. The quantitative estimate of drug-likeness (QED) is 0.741. The van der Waals surface area contributed by atoms with E-state index in [1.165, 1.54) is 0 Å². The molecule has 14 heavy (non-hydrogen) atoms. The molecule has 78 valence electrons. The molecule has 2 atom stereocenters. The number of aliphatic hydroxyl groups excluding tert-OH is 1. The van der Waals surface area contributed by atoms with Gasteiger partial charge < -0.3 is 9.84 Å². The fraction of sp³-hybridized carbons (Fsp3) is 0.778. The predicted molar refractivity (Wildman–Crippen MR) is 47.7 cm³/mol. The third kappa shape index (κ3) is 1.93. The van der Waals surface area contributed by atoms with Gasteiger partial charge >= 0.3 is 0 Å². The summed E-state index contributed by atoms with van der Waals surface area (Å²) in [6.07, 6.45) is 1.09. The third-order valence-corrected chi connectivity index (χ3v) is 2.64. The van der Waals surface area contributed by atoms with Crippen LogP contribution in [0.1, 0.15) is 17.8 Å². The van der Waals surface area contributed by atoms with E-state index in [1.54, 1.807) is 0 Å². The second kappa shape index (κ2) is 4.06. The van der Waals surface area contributed by atoms with Gasteiger partial charge in [-0.15, -0.1) is 0 Å². The highest BCUT2D eigenvalue weighted by molar-refractivity contribution is 5.06. The van der Waals surface area contributed by atoms with Crippen molar-refractivity contribution in [1.82, 2.24) is 10.3 Å². The Bertz CT molecular complexity index is 300. The number of aliphatic hydroxyl groups is 1. The monoisotopic (exact) mass is 198 g/mol. The molecule has 1 aromatic heterocycles. The lowest BCUT2D eigenvalue weighted by molar-refractivity contribution is -0.0355. The molecule has 0 amide bonds. The van der Waals surface area contributed by atoms with Crippen molar-refractivity contribution in [2.45, 2.75) is 25.9 Å². The van der Waals surface area contributed by atoms with Crippen LogP contribution in [-0.2, 0) is 11.2 Å². The highest BCUT2D eigenvalue weighted by atomic mass is 16.6. The number of aryl methyl sites for hydroxylation is 1. The smallest absolute Gasteiger partial charge is 0.108 e. The Balaban J connectivity index is 1.99. The molecule has 1 fully saturated rings. The lowest BCUT2D eigenvalue weighted by Crippen LogP contribution is -2.33. The molecule has 0 aromatic carbocycles. The summed E-state index contributed by atoms with van der Waals surface area (Å²) in [6.45, 7) is 3.09. The van der Waals surface area contributed by atoms with Crippen molar-refractivity contribution in [3.8, 4) is 0 Å². The Morgan fingerprint density at radius 1 is 1.50 bits per heavy atom. The maximum Gasteiger partial charge on any atom is 0.108 e. The highest BCUT2D eigenvalue weighted by Crippen LogP contribution is 2.19. The molecule has 1 saturated heterocycles. The van der Waals surface area contributed by atoms with Gasteiger partial charge in [0.05, 0.1) is 12.7 Å². The van der Waals surface area contributed by atoms with Crippen molar-refractivity contribution < 1.29 is 14.5 Å². The summed E-state index contributed by atoms with van der Waals surface area (Å²) in [4.78, 5) is 0. The number of aromatic nitrogens is 2. The molecule has 1 aromatic rings. The average Bonchev–Trinajstić information content (AvgIpc) is 2.56. The number of hydrogen-bond donors (Lipinski definition) is 1. The summed E-state index contributed by atoms with van der Waals surface area (Å²) in [5.74, 6) is 0.120. The minimum Gasteiger partial charge on any atom is -0.393 e. The number of ether oxygens (including phenoxy) is 1. The average molecular weight is 198 g/mol. The minimum atomic E-state index is -0.292. The van der Waals surface area contributed by atoms with Gasteiger partial charge in [0.25, 0.3) is 0 Å². The van der Waals surface area contributed by atoms with Crippen LogP contribution in [0, 0.1) is 12.8 Å². The van der Waals surface area contributed by atoms with Crippen LogP contribution in [0.15, 0.2) is 4.63 Å². The fourth-order valence-electron chi connectivity index (χ4n) is 1.66. The van der Waals surface area contributed by atoms with E-state index in [4.69, 9.17) is 4.74 Å². The van der Waals surface area contributed by atoms with Crippen molar-refractivity contribution in [3.05, 3.63) is 11.4 Å². The van der Waals surface area contributed by atoms with Crippen molar-refractivity contribution in [2.75, 3.05) is 13.2 Å². The SMILES string of the molecule is Cc1nonc1CC1COCCC1O. The Morgan fingerprint density at radius 2 is 2.36 bits per heavy atom. The summed E-state index contributed by atoms with van der Waals surface area (Å²) in [6, 6.07) is 0. The molecule has 0 spiro atoms. The highest BCUT2D eigenvalue weighted by Gasteiger charge is 2.25. The first-order valence-electron chi connectivity index (χ1n) is 4.81. The zero-order valence-electron chi connectivity index (χ0n) is 8.14. The van der Waals surface area contributed by atoms with Gasteiger partial charge in [0.1, 0.15) is 11.4 Å². The zero-order chi connectivity index (χ0) is 9.97. The van der Waals surface area contributed by atoms with Crippen LogP contribution in [0.5, 0.6) is 0 Å². The van der Waals surface area contributed by atoms with Gasteiger partial charge in [0, 0.05) is 18.9 Å². The molecule has 5 nitrogen and oxygen atoms in total. The number of hydrogen-bond acceptors (Lipinski definition) is 5. The first-order chi connectivity index (χ1) is 6.77. The molecule has 2 heterocycles. The van der Waals surface area contributed by atoms with Crippen LogP contribution >= 0.6 is 0 Å². The second-order valence-corrected chi connectivity index (χ2v) is 3.69. The molecule has 0 bridgehead atoms. The molecule has 0 aliphatic carbocycles. The lowest BCUT2D eigenvalue weighted by atomic mass is 9.93. The third-order valence-electron chi connectivity index (χ3n) is 2.64. The number of nitrogens with zero attached hydrogens (tertiary/aromatic N) is 2. The molecular formula is C9H14N2O3. The van der Waals surface area contributed by atoms with E-state index in [9.17, 15) is 5.11 Å². The Labute approximate surface area is 82.0 Å². The lowest BCUT2D eigenvalue weighted by Gasteiger charge is -2.26. The molecule has 2 rings (SSSR count). The van der Waals surface area contributed by atoms with E-state index in [1.807, 2.05) is 6.92 Å². The molecule has 5 heteroatoms. The molecule has 1 aliphatic heterocycles. The summed E-state index contributed by atoms with van der Waals surface area (Å²) in [5.41, 5.74) is 1.61. The van der Waals surface area contributed by atoms with Crippen LogP contribution in [-0.4, -0.2) is 34.7 Å². The van der Waals surface area contributed by atoms with Crippen LogP contribution in [0.3, 0.4) is 0 Å². The van der Waals surface area contributed by atoms with E-state index in [0.717, 1.165) is 11.4 Å². The molecule has 2 unspecified atom stereocenters. The Hall–Kier alpha value is -0.940. The van der Waals surface area contributed by atoms with E-state index < -0.39 is 0 Å². The Kier molecular flexibility index (Phi) is 2.79. The van der Waals surface area contributed by atoms with Crippen molar-refractivity contribution in [3.63, 3.8) is 0 Å². The summed E-state index contributed by atoms with van der Waals surface area (Å²) >= 11 is 0. The topological polar surface area (TPSA) is 68.4 Å². The first-order valence-corrected chi connectivity index (χ1v) is 4.81. The predicted octanol–water partition coefficient (Wildman–Crippen LogP) is 0.318. The van der Waals surface area contributed by atoms with Gasteiger partial charge in [-0.05, 0) is 13.3 Å². The molecule has 1 aliphatic rings. The van der Waals surface area contributed by atoms with E-state index >= 15 is 0 Å². The number of rotatable bonds is 2. The van der Waals surface area contributed by atoms with Crippen LogP contribution in [0.25, 0.3) is 0 Å². The van der Waals surface area contributed by atoms with Crippen LogP contribution < -0.4 is 0 Å². The molecule has 1 N–H and O–H groups in total.